The smallest absolute Gasteiger partial charge is 0.00992 e. The third-order valence-electron chi connectivity index (χ3n) is 9.05. The summed E-state index contributed by atoms with van der Waals surface area (Å²) in [5.74, 6) is 0. The highest BCUT2D eigenvalue weighted by Gasteiger charge is 2.19. The van der Waals surface area contributed by atoms with E-state index in [1.54, 1.807) is 0 Å². The van der Waals surface area contributed by atoms with Crippen molar-refractivity contribution < 1.29 is 0 Å². The highest BCUT2D eigenvalue weighted by Crippen LogP contribution is 2.39. The summed E-state index contributed by atoms with van der Waals surface area (Å²) in [7, 11) is 0. The highest BCUT2D eigenvalue weighted by molar-refractivity contribution is 6.01. The molecular formula is C50H38. The zero-order valence-electron chi connectivity index (χ0n) is 28.0. The zero-order valence-corrected chi connectivity index (χ0v) is 28.0. The Kier molecular flexibility index (Phi) is 9.72. The summed E-state index contributed by atoms with van der Waals surface area (Å²) >= 11 is 0. The molecule has 0 saturated carbocycles. The molecule has 0 unspecified atom stereocenters. The van der Waals surface area contributed by atoms with Gasteiger partial charge in [-0.1, -0.05) is 207 Å². The van der Waals surface area contributed by atoms with Crippen molar-refractivity contribution in [2.24, 2.45) is 0 Å². The molecule has 0 aliphatic rings. The monoisotopic (exact) mass is 638 g/mol. The van der Waals surface area contributed by atoms with Crippen molar-refractivity contribution in [2.45, 2.75) is 0 Å². The van der Waals surface area contributed by atoms with E-state index in [9.17, 15) is 0 Å². The Hall–Kier alpha value is -6.50. The van der Waals surface area contributed by atoms with Gasteiger partial charge < -0.3 is 0 Å². The summed E-state index contributed by atoms with van der Waals surface area (Å²) in [6.07, 6.45) is 4.54. The minimum Gasteiger partial charge on any atom is -0.0905 e. The maximum Gasteiger partial charge on any atom is -0.00992 e. The molecule has 50 heavy (non-hydrogen) atoms. The van der Waals surface area contributed by atoms with Crippen LogP contribution in [0.4, 0.5) is 0 Å². The normalized spacial score (nSPS) is 11.6. The maximum atomic E-state index is 4.76. The standard InChI is InChI=1S/C50H38/c1-37(45-31-17-19-33-47(45)49(41-25-11-5-12-26-41)35-39-21-7-3-8-22-39)43-29-15-16-30-44(43)38(2)46-32-18-20-34-48(46)50(42-27-13-6-14-28-42)36-40-23-9-4-10-24-40/h3-36H,1-2H2. The van der Waals surface area contributed by atoms with Crippen LogP contribution < -0.4 is 0 Å². The summed E-state index contributed by atoms with van der Waals surface area (Å²) in [5.41, 5.74) is 15.3. The fraction of sp³-hybridized carbons (Fsp3) is 0. The Balaban J connectivity index is 1.34. The Morgan fingerprint density at radius 1 is 0.280 bits per heavy atom. The lowest BCUT2D eigenvalue weighted by molar-refractivity contribution is 1.45. The first-order chi connectivity index (χ1) is 24.7. The minimum atomic E-state index is 0.952. The van der Waals surface area contributed by atoms with Crippen LogP contribution in [0.5, 0.6) is 0 Å². The van der Waals surface area contributed by atoms with Crippen LogP contribution in [0.3, 0.4) is 0 Å². The molecule has 0 N–H and O–H groups in total. The predicted molar refractivity (Wildman–Crippen MR) is 215 cm³/mol. The van der Waals surface area contributed by atoms with Crippen LogP contribution in [0.2, 0.25) is 0 Å². The van der Waals surface area contributed by atoms with Gasteiger partial charge >= 0.3 is 0 Å². The van der Waals surface area contributed by atoms with Crippen molar-refractivity contribution >= 4 is 34.4 Å². The van der Waals surface area contributed by atoms with E-state index in [-0.39, 0.29) is 0 Å². The van der Waals surface area contributed by atoms with E-state index < -0.39 is 0 Å². The molecule has 0 amide bonds. The second kappa shape index (κ2) is 15.2. The van der Waals surface area contributed by atoms with Gasteiger partial charge in [-0.3, -0.25) is 0 Å². The van der Waals surface area contributed by atoms with Gasteiger partial charge in [0.05, 0.1) is 0 Å². The summed E-state index contributed by atoms with van der Waals surface area (Å²) in [5, 5.41) is 0. The van der Waals surface area contributed by atoms with E-state index in [2.05, 4.69) is 206 Å². The highest BCUT2D eigenvalue weighted by atomic mass is 14.2. The predicted octanol–water partition coefficient (Wildman–Crippen LogP) is 13.0. The maximum absolute atomic E-state index is 4.76. The summed E-state index contributed by atoms with van der Waals surface area (Å²) < 4.78 is 0. The van der Waals surface area contributed by atoms with E-state index in [4.69, 9.17) is 13.2 Å². The van der Waals surface area contributed by atoms with Crippen molar-refractivity contribution in [1.82, 2.24) is 0 Å². The first-order valence-corrected chi connectivity index (χ1v) is 17.0. The number of hydrogen-bond acceptors (Lipinski definition) is 0. The summed E-state index contributed by atoms with van der Waals surface area (Å²) in [4.78, 5) is 0. The lowest BCUT2D eigenvalue weighted by Gasteiger charge is -2.21. The van der Waals surface area contributed by atoms with Gasteiger partial charge in [-0.15, -0.1) is 0 Å². The van der Waals surface area contributed by atoms with Gasteiger partial charge in [0.15, 0.2) is 0 Å². The molecular weight excluding hydrogens is 601 g/mol. The fourth-order valence-electron chi connectivity index (χ4n) is 6.56. The van der Waals surface area contributed by atoms with Crippen LogP contribution >= 0.6 is 0 Å². The van der Waals surface area contributed by atoms with Crippen molar-refractivity contribution in [3.63, 3.8) is 0 Å². The van der Waals surface area contributed by atoms with Gasteiger partial charge in [-0.2, -0.15) is 0 Å². The largest absolute Gasteiger partial charge is 0.0905 e. The van der Waals surface area contributed by atoms with E-state index in [1.165, 1.54) is 0 Å². The molecule has 0 saturated heterocycles. The molecule has 7 aromatic carbocycles. The molecule has 0 spiro atoms. The molecule has 0 nitrogen and oxygen atoms in total. The van der Waals surface area contributed by atoms with Crippen molar-refractivity contribution in [3.8, 4) is 0 Å². The van der Waals surface area contributed by atoms with Gasteiger partial charge in [-0.25, -0.2) is 0 Å². The van der Waals surface area contributed by atoms with Crippen molar-refractivity contribution in [2.75, 3.05) is 0 Å². The first kappa shape index (κ1) is 32.1. The second-order valence-corrected chi connectivity index (χ2v) is 12.3. The number of hydrogen-bond donors (Lipinski definition) is 0. The molecule has 0 atom stereocenters. The third-order valence-corrected chi connectivity index (χ3v) is 9.05. The van der Waals surface area contributed by atoms with Crippen LogP contribution in [0.1, 0.15) is 55.6 Å². The van der Waals surface area contributed by atoms with Crippen molar-refractivity contribution in [3.05, 3.63) is 263 Å². The van der Waals surface area contributed by atoms with Crippen LogP contribution in [-0.2, 0) is 0 Å². The van der Waals surface area contributed by atoms with Gasteiger partial charge in [-0.05, 0) is 90.1 Å². The van der Waals surface area contributed by atoms with E-state index in [0.717, 1.165) is 77.9 Å². The zero-order chi connectivity index (χ0) is 34.1. The summed E-state index contributed by atoms with van der Waals surface area (Å²) in [6, 6.07) is 67.9. The molecule has 238 valence electrons. The molecule has 7 rings (SSSR count). The molecule has 0 bridgehead atoms. The Morgan fingerprint density at radius 2 is 0.520 bits per heavy atom. The topological polar surface area (TPSA) is 0 Å². The molecule has 0 heterocycles. The van der Waals surface area contributed by atoms with E-state index in [1.807, 2.05) is 0 Å². The summed E-state index contributed by atoms with van der Waals surface area (Å²) in [6.45, 7) is 9.51. The van der Waals surface area contributed by atoms with Gasteiger partial charge in [0.25, 0.3) is 0 Å². The Labute approximate surface area is 296 Å². The van der Waals surface area contributed by atoms with Crippen LogP contribution in [0.25, 0.3) is 34.4 Å². The van der Waals surface area contributed by atoms with Gasteiger partial charge in [0, 0.05) is 0 Å². The Morgan fingerprint density at radius 3 is 0.840 bits per heavy atom. The molecule has 0 aliphatic carbocycles. The van der Waals surface area contributed by atoms with Crippen LogP contribution in [0.15, 0.2) is 207 Å². The molecule has 0 heteroatoms. The molecule has 7 aromatic rings. The first-order valence-electron chi connectivity index (χ1n) is 17.0. The molecule has 0 fully saturated rings. The van der Waals surface area contributed by atoms with Gasteiger partial charge in [0.1, 0.15) is 0 Å². The number of benzene rings is 7. The van der Waals surface area contributed by atoms with E-state index >= 15 is 0 Å². The third kappa shape index (κ3) is 7.02. The van der Waals surface area contributed by atoms with E-state index in [0.29, 0.717) is 0 Å². The Bertz CT molecular complexity index is 2140. The van der Waals surface area contributed by atoms with Crippen molar-refractivity contribution in [1.29, 1.82) is 0 Å². The molecule has 0 aromatic heterocycles. The van der Waals surface area contributed by atoms with Gasteiger partial charge in [0.2, 0.25) is 0 Å². The minimum absolute atomic E-state index is 0.952. The van der Waals surface area contributed by atoms with Crippen LogP contribution in [-0.4, -0.2) is 0 Å². The average molecular weight is 639 g/mol. The lowest BCUT2D eigenvalue weighted by atomic mass is 9.83. The number of rotatable bonds is 10. The lowest BCUT2D eigenvalue weighted by Crippen LogP contribution is -2.01. The molecule has 0 aliphatic heterocycles. The fourth-order valence-corrected chi connectivity index (χ4v) is 6.56. The van der Waals surface area contributed by atoms with Crippen LogP contribution in [0, 0.1) is 0 Å². The average Bonchev–Trinajstić information content (AvgIpc) is 3.20. The second-order valence-electron chi connectivity index (χ2n) is 12.3. The quantitative estimate of drug-likeness (QED) is 0.131. The SMILES string of the molecule is C=C(c1ccccc1C(=C)c1ccccc1C(=Cc1ccccc1)c1ccccc1)c1ccccc1C(=Cc1ccccc1)c1ccccc1. The molecule has 0 radical (unpaired) electrons.